The second-order valence-corrected chi connectivity index (χ2v) is 11.4. The third-order valence-electron chi connectivity index (χ3n) is 7.27. The lowest BCUT2D eigenvalue weighted by Gasteiger charge is -2.14. The second-order valence-electron chi connectivity index (χ2n) is 11.4. The number of ether oxygens (including phenoxy) is 1. The molecule has 6 nitrogen and oxygen atoms in total. The average Bonchev–Trinajstić information content (AvgIpc) is 2.97. The van der Waals surface area contributed by atoms with Crippen molar-refractivity contribution in [3.8, 4) is 0 Å². The molecule has 0 aromatic rings. The molecule has 0 radical (unpaired) electrons. The van der Waals surface area contributed by atoms with E-state index in [0.717, 1.165) is 64.2 Å². The van der Waals surface area contributed by atoms with Gasteiger partial charge in [0.05, 0.1) is 0 Å². The van der Waals surface area contributed by atoms with Crippen LogP contribution in [0, 0.1) is 0 Å². The van der Waals surface area contributed by atoms with Crippen LogP contribution in [-0.2, 0) is 19.1 Å². The van der Waals surface area contributed by atoms with Crippen LogP contribution in [0.1, 0.15) is 162 Å². The summed E-state index contributed by atoms with van der Waals surface area (Å²) in [5, 5.41) is 11.0. The van der Waals surface area contributed by atoms with E-state index in [-0.39, 0.29) is 24.5 Å². The van der Waals surface area contributed by atoms with Crippen LogP contribution in [0.5, 0.6) is 0 Å². The fourth-order valence-corrected chi connectivity index (χ4v) is 4.69. The fourth-order valence-electron chi connectivity index (χ4n) is 4.69. The zero-order chi connectivity index (χ0) is 30.9. The van der Waals surface area contributed by atoms with Gasteiger partial charge in [-0.05, 0) is 76.7 Å². The molecule has 242 valence electrons. The first-order chi connectivity index (χ1) is 20.5. The molecule has 0 aromatic heterocycles. The van der Waals surface area contributed by atoms with E-state index in [1.807, 2.05) is 6.08 Å². The number of unbranched alkanes of at least 4 members (excludes halogenated alkanes) is 15. The first-order valence-electron chi connectivity index (χ1n) is 17.1. The number of esters is 1. The van der Waals surface area contributed by atoms with E-state index in [4.69, 9.17) is 9.84 Å². The van der Waals surface area contributed by atoms with Crippen LogP contribution in [0.25, 0.3) is 0 Å². The third-order valence-corrected chi connectivity index (χ3v) is 7.27. The first-order valence-corrected chi connectivity index (χ1v) is 17.1. The van der Waals surface area contributed by atoms with Gasteiger partial charge < -0.3 is 15.2 Å². The molecule has 1 amide bonds. The van der Waals surface area contributed by atoms with Crippen molar-refractivity contribution in [3.05, 3.63) is 36.5 Å². The van der Waals surface area contributed by atoms with Gasteiger partial charge >= 0.3 is 11.9 Å². The van der Waals surface area contributed by atoms with Gasteiger partial charge in [-0.3, -0.25) is 14.4 Å². The van der Waals surface area contributed by atoms with Crippen LogP contribution in [0.4, 0.5) is 0 Å². The van der Waals surface area contributed by atoms with E-state index < -0.39 is 5.97 Å². The molecule has 0 aliphatic carbocycles. The van der Waals surface area contributed by atoms with E-state index in [1.165, 1.54) is 70.6 Å². The first kappa shape index (κ1) is 39.6. The van der Waals surface area contributed by atoms with E-state index in [1.54, 1.807) is 0 Å². The summed E-state index contributed by atoms with van der Waals surface area (Å²) in [6, 6.07) is 0. The van der Waals surface area contributed by atoms with Gasteiger partial charge in [0.2, 0.25) is 5.91 Å². The Hall–Kier alpha value is -2.37. The minimum Gasteiger partial charge on any atom is -0.480 e. The largest absolute Gasteiger partial charge is 0.480 e. The van der Waals surface area contributed by atoms with Crippen LogP contribution in [0.2, 0.25) is 0 Å². The molecule has 0 heterocycles. The molecular weight excluding hydrogens is 526 g/mol. The summed E-state index contributed by atoms with van der Waals surface area (Å²) in [4.78, 5) is 34.7. The van der Waals surface area contributed by atoms with Crippen molar-refractivity contribution < 1.29 is 24.2 Å². The predicted octanol–water partition coefficient (Wildman–Crippen LogP) is 9.78. The Bertz CT molecular complexity index is 743. The lowest BCUT2D eigenvalue weighted by Crippen LogP contribution is -2.28. The van der Waals surface area contributed by atoms with Gasteiger partial charge in [0.1, 0.15) is 12.6 Å². The normalized spacial score (nSPS) is 12.4. The molecule has 0 aromatic carbocycles. The van der Waals surface area contributed by atoms with Gasteiger partial charge in [0, 0.05) is 12.8 Å². The second kappa shape index (κ2) is 31.6. The molecule has 0 aliphatic heterocycles. The number of nitrogens with one attached hydrogen (secondary N) is 1. The Kier molecular flexibility index (Phi) is 29.8. The van der Waals surface area contributed by atoms with Crippen molar-refractivity contribution in [1.82, 2.24) is 5.32 Å². The molecule has 1 unspecified atom stereocenters. The van der Waals surface area contributed by atoms with Gasteiger partial charge in [-0.2, -0.15) is 0 Å². The van der Waals surface area contributed by atoms with Crippen molar-refractivity contribution in [2.75, 3.05) is 6.54 Å². The minimum atomic E-state index is -1.03. The number of carbonyl (C=O) groups is 3. The fraction of sp³-hybridized carbons (Fsp3) is 0.750. The van der Waals surface area contributed by atoms with Gasteiger partial charge in [0.15, 0.2) is 0 Å². The summed E-state index contributed by atoms with van der Waals surface area (Å²) in [6.07, 6.45) is 37.0. The van der Waals surface area contributed by atoms with Crippen molar-refractivity contribution in [3.63, 3.8) is 0 Å². The highest BCUT2D eigenvalue weighted by Crippen LogP contribution is 2.14. The summed E-state index contributed by atoms with van der Waals surface area (Å²) < 4.78 is 5.84. The van der Waals surface area contributed by atoms with Crippen LogP contribution in [-0.4, -0.2) is 35.6 Å². The maximum Gasteiger partial charge on any atom is 0.322 e. The zero-order valence-electron chi connectivity index (χ0n) is 27.1. The number of carboxylic acids is 1. The highest BCUT2D eigenvalue weighted by Gasteiger charge is 2.11. The van der Waals surface area contributed by atoms with Crippen LogP contribution in [0.15, 0.2) is 36.5 Å². The number of hydrogen-bond acceptors (Lipinski definition) is 4. The molecule has 0 fully saturated rings. The molecule has 42 heavy (non-hydrogen) atoms. The Morgan fingerprint density at radius 3 is 1.83 bits per heavy atom. The lowest BCUT2D eigenvalue weighted by atomic mass is 10.1. The van der Waals surface area contributed by atoms with Gasteiger partial charge in [-0.15, -0.1) is 0 Å². The van der Waals surface area contributed by atoms with Crippen LogP contribution in [0.3, 0.4) is 0 Å². The number of rotatable bonds is 30. The zero-order valence-corrected chi connectivity index (χ0v) is 27.1. The van der Waals surface area contributed by atoms with Gasteiger partial charge in [-0.1, -0.05) is 108 Å². The summed E-state index contributed by atoms with van der Waals surface area (Å²) in [5.74, 6) is -1.36. The Labute approximate surface area is 257 Å². The van der Waals surface area contributed by atoms with E-state index in [2.05, 4.69) is 49.5 Å². The number of carbonyl (C=O) groups excluding carboxylic acids is 2. The lowest BCUT2D eigenvalue weighted by molar-refractivity contribution is -0.147. The number of carboxylic acid groups (broad SMARTS) is 1. The quantitative estimate of drug-likeness (QED) is 0.0494. The molecule has 0 rings (SSSR count). The SMILES string of the molecule is CCCCC/C=C\CCCCCCCC(=O)OC(/C=C\C/C=C\CCCCCC)CCCCCCC(=O)NCC(=O)O. The highest BCUT2D eigenvalue weighted by atomic mass is 16.5. The predicted molar refractivity (Wildman–Crippen MR) is 175 cm³/mol. The van der Waals surface area contributed by atoms with Crippen LogP contribution >= 0.6 is 0 Å². The topological polar surface area (TPSA) is 92.7 Å². The van der Waals surface area contributed by atoms with E-state index in [0.29, 0.717) is 12.8 Å². The molecule has 0 spiro atoms. The van der Waals surface area contributed by atoms with Crippen molar-refractivity contribution in [2.24, 2.45) is 0 Å². The number of hydrogen-bond donors (Lipinski definition) is 2. The molecule has 0 saturated heterocycles. The summed E-state index contributed by atoms with van der Waals surface area (Å²) in [5.41, 5.74) is 0. The molecule has 1 atom stereocenters. The van der Waals surface area contributed by atoms with Crippen molar-refractivity contribution in [1.29, 1.82) is 0 Å². The highest BCUT2D eigenvalue weighted by molar-refractivity contribution is 5.80. The van der Waals surface area contributed by atoms with Gasteiger partial charge in [0.25, 0.3) is 0 Å². The summed E-state index contributed by atoms with van der Waals surface area (Å²) in [7, 11) is 0. The maximum absolute atomic E-state index is 12.6. The number of amides is 1. The van der Waals surface area contributed by atoms with Crippen molar-refractivity contribution >= 4 is 17.8 Å². The third kappa shape index (κ3) is 30.6. The molecular formula is C36H63NO5. The molecule has 2 N–H and O–H groups in total. The van der Waals surface area contributed by atoms with E-state index in [9.17, 15) is 14.4 Å². The average molecular weight is 590 g/mol. The summed E-state index contributed by atoms with van der Waals surface area (Å²) >= 11 is 0. The molecule has 0 saturated carbocycles. The monoisotopic (exact) mass is 589 g/mol. The van der Waals surface area contributed by atoms with E-state index >= 15 is 0 Å². The standard InChI is InChI=1S/C36H63NO5/c1-3-5-7-9-11-13-14-15-17-19-21-27-31-36(41)42-33(28-24-20-18-16-12-10-8-6-4-2)29-25-22-23-26-30-34(38)37-32-35(39)40/h11,13,16,18,24,28,33H,3-10,12,14-15,17,19-23,25-27,29-32H2,1-2H3,(H,37,38)(H,39,40)/b13-11-,18-16-,28-24-. The smallest absolute Gasteiger partial charge is 0.322 e. The Morgan fingerprint density at radius 1 is 0.643 bits per heavy atom. The maximum atomic E-state index is 12.6. The van der Waals surface area contributed by atoms with Crippen LogP contribution < -0.4 is 5.32 Å². The molecule has 0 aliphatic rings. The van der Waals surface area contributed by atoms with Gasteiger partial charge in [-0.25, -0.2) is 0 Å². The number of aliphatic carboxylic acids is 1. The molecule has 6 heteroatoms. The number of allylic oxidation sites excluding steroid dienone is 5. The minimum absolute atomic E-state index is 0.110. The van der Waals surface area contributed by atoms with Crippen molar-refractivity contribution in [2.45, 2.75) is 168 Å². The summed E-state index contributed by atoms with van der Waals surface area (Å²) in [6.45, 7) is 4.13. The molecule has 0 bridgehead atoms. The Morgan fingerprint density at radius 2 is 1.17 bits per heavy atom. The Balaban J connectivity index is 4.29.